The van der Waals surface area contributed by atoms with Crippen molar-refractivity contribution < 1.29 is 9.53 Å². The summed E-state index contributed by atoms with van der Waals surface area (Å²) in [5.41, 5.74) is 1.82. The molecule has 124 valence electrons. The zero-order chi connectivity index (χ0) is 16.6. The van der Waals surface area contributed by atoms with E-state index in [0.717, 1.165) is 36.6 Å². The summed E-state index contributed by atoms with van der Waals surface area (Å²) in [6.45, 7) is 7.59. The molecule has 0 N–H and O–H groups in total. The van der Waals surface area contributed by atoms with Crippen molar-refractivity contribution in [2.45, 2.75) is 51.5 Å². The van der Waals surface area contributed by atoms with Crippen molar-refractivity contribution in [3.05, 3.63) is 47.2 Å². The van der Waals surface area contributed by atoms with Crippen molar-refractivity contribution >= 4 is 5.97 Å². The molecule has 2 aliphatic rings. The van der Waals surface area contributed by atoms with Crippen molar-refractivity contribution in [3.63, 3.8) is 0 Å². The lowest BCUT2D eigenvalue weighted by atomic mass is 9.86. The van der Waals surface area contributed by atoms with Crippen LogP contribution in [0.4, 0.5) is 0 Å². The van der Waals surface area contributed by atoms with Gasteiger partial charge in [0.15, 0.2) is 0 Å². The minimum atomic E-state index is -0.235. The third-order valence-corrected chi connectivity index (χ3v) is 5.15. The number of carbonyl (C=O) groups is 1. The van der Waals surface area contributed by atoms with Gasteiger partial charge in [-0.1, -0.05) is 32.9 Å². The lowest BCUT2D eigenvalue weighted by molar-refractivity contribution is 0.0598. The van der Waals surface area contributed by atoms with Crippen LogP contribution in [-0.2, 0) is 10.2 Å². The minimum absolute atomic E-state index is 0.0280. The molecule has 1 aromatic carbocycles. The molecule has 1 aliphatic heterocycles. The van der Waals surface area contributed by atoms with Crippen LogP contribution in [0.3, 0.4) is 0 Å². The molecule has 3 nitrogen and oxygen atoms in total. The molecule has 0 radical (unpaired) electrons. The third kappa shape index (κ3) is 3.50. The molecule has 1 saturated heterocycles. The average Bonchev–Trinajstić information content (AvgIpc) is 2.88. The molecule has 3 heteroatoms. The number of nitrogens with zero attached hydrogens (tertiary/aromatic N) is 1. The summed E-state index contributed by atoms with van der Waals surface area (Å²) < 4.78 is 5.70. The summed E-state index contributed by atoms with van der Waals surface area (Å²) in [4.78, 5) is 14.8. The SMILES string of the molecule is CN1CC[C@@H]2CCC(OC(=O)c3cccc(C(C)(C)C)c3)=C[C@@H]21. The van der Waals surface area contributed by atoms with Crippen LogP contribution >= 0.6 is 0 Å². The van der Waals surface area contributed by atoms with E-state index in [9.17, 15) is 4.79 Å². The van der Waals surface area contributed by atoms with E-state index in [1.165, 1.54) is 6.42 Å². The smallest absolute Gasteiger partial charge is 0.343 e. The van der Waals surface area contributed by atoms with Gasteiger partial charge in [0.1, 0.15) is 5.76 Å². The number of benzene rings is 1. The van der Waals surface area contributed by atoms with Crippen LogP contribution in [0.25, 0.3) is 0 Å². The third-order valence-electron chi connectivity index (χ3n) is 5.15. The molecule has 1 aromatic rings. The lowest BCUT2D eigenvalue weighted by Gasteiger charge is -2.27. The Morgan fingerprint density at radius 3 is 2.78 bits per heavy atom. The number of hydrogen-bond donors (Lipinski definition) is 0. The van der Waals surface area contributed by atoms with Gasteiger partial charge < -0.3 is 4.74 Å². The summed E-state index contributed by atoms with van der Waals surface area (Å²) in [5, 5.41) is 0. The van der Waals surface area contributed by atoms with Gasteiger partial charge in [-0.3, -0.25) is 4.90 Å². The van der Waals surface area contributed by atoms with E-state index >= 15 is 0 Å². The first-order chi connectivity index (χ1) is 10.8. The highest BCUT2D eigenvalue weighted by Crippen LogP contribution is 2.34. The maximum absolute atomic E-state index is 12.5. The quantitative estimate of drug-likeness (QED) is 0.769. The van der Waals surface area contributed by atoms with Gasteiger partial charge in [-0.25, -0.2) is 4.79 Å². The normalized spacial score (nSPS) is 25.0. The van der Waals surface area contributed by atoms with Gasteiger partial charge in [-0.15, -0.1) is 0 Å². The van der Waals surface area contributed by atoms with Gasteiger partial charge in [0.05, 0.1) is 5.56 Å². The summed E-state index contributed by atoms with van der Waals surface area (Å²) >= 11 is 0. The molecule has 0 saturated carbocycles. The number of hydrogen-bond acceptors (Lipinski definition) is 3. The van der Waals surface area contributed by atoms with E-state index in [4.69, 9.17) is 4.74 Å². The van der Waals surface area contributed by atoms with Gasteiger partial charge in [0, 0.05) is 12.5 Å². The fourth-order valence-electron chi connectivity index (χ4n) is 3.60. The van der Waals surface area contributed by atoms with Gasteiger partial charge in [0.2, 0.25) is 0 Å². The van der Waals surface area contributed by atoms with Crippen molar-refractivity contribution in [2.75, 3.05) is 13.6 Å². The molecule has 1 heterocycles. The highest BCUT2D eigenvalue weighted by molar-refractivity contribution is 5.90. The summed E-state index contributed by atoms with van der Waals surface area (Å²) in [7, 11) is 2.15. The Labute approximate surface area is 139 Å². The Bertz CT molecular complexity index is 627. The van der Waals surface area contributed by atoms with Gasteiger partial charge in [-0.05, 0) is 61.5 Å². The molecule has 0 unspecified atom stereocenters. The summed E-state index contributed by atoms with van der Waals surface area (Å²) in [5.74, 6) is 1.33. The first-order valence-electron chi connectivity index (χ1n) is 8.58. The van der Waals surface area contributed by atoms with E-state index in [-0.39, 0.29) is 11.4 Å². The second kappa shape index (κ2) is 6.12. The van der Waals surface area contributed by atoms with Crippen molar-refractivity contribution in [2.24, 2.45) is 5.92 Å². The number of likely N-dealkylation sites (tertiary alicyclic amines) is 1. The Morgan fingerprint density at radius 2 is 2.04 bits per heavy atom. The zero-order valence-electron chi connectivity index (χ0n) is 14.6. The molecule has 0 spiro atoms. The molecule has 0 bridgehead atoms. The van der Waals surface area contributed by atoms with Crippen LogP contribution in [0, 0.1) is 5.92 Å². The van der Waals surface area contributed by atoms with E-state index in [1.54, 1.807) is 0 Å². The topological polar surface area (TPSA) is 29.5 Å². The monoisotopic (exact) mass is 313 g/mol. The number of fused-ring (bicyclic) bond motifs is 1. The molecule has 3 rings (SSSR count). The van der Waals surface area contributed by atoms with Crippen molar-refractivity contribution in [1.29, 1.82) is 0 Å². The summed E-state index contributed by atoms with van der Waals surface area (Å²) in [6.07, 6.45) is 5.41. The maximum atomic E-state index is 12.5. The number of ether oxygens (including phenoxy) is 1. The number of likely N-dealkylation sites (N-methyl/N-ethyl adjacent to an activating group) is 1. The van der Waals surface area contributed by atoms with Crippen molar-refractivity contribution in [1.82, 2.24) is 4.90 Å². The van der Waals surface area contributed by atoms with Gasteiger partial charge >= 0.3 is 5.97 Å². The highest BCUT2D eigenvalue weighted by Gasteiger charge is 2.34. The maximum Gasteiger partial charge on any atom is 0.343 e. The zero-order valence-corrected chi connectivity index (χ0v) is 14.6. The Hall–Kier alpha value is -1.61. The van der Waals surface area contributed by atoms with Crippen LogP contribution in [0.15, 0.2) is 36.1 Å². The second-order valence-electron chi connectivity index (χ2n) is 7.91. The molecule has 23 heavy (non-hydrogen) atoms. The fraction of sp³-hybridized carbons (Fsp3) is 0.550. The molecular weight excluding hydrogens is 286 g/mol. The van der Waals surface area contributed by atoms with Crippen LogP contribution in [0.2, 0.25) is 0 Å². The molecule has 2 atom stereocenters. The number of carbonyl (C=O) groups excluding carboxylic acids is 1. The van der Waals surface area contributed by atoms with E-state index in [1.807, 2.05) is 18.2 Å². The molecule has 0 amide bonds. The number of allylic oxidation sites excluding steroid dienone is 1. The average molecular weight is 313 g/mol. The van der Waals surface area contributed by atoms with E-state index in [0.29, 0.717) is 11.6 Å². The first kappa shape index (κ1) is 16.3. The minimum Gasteiger partial charge on any atom is -0.428 e. The first-order valence-corrected chi connectivity index (χ1v) is 8.58. The van der Waals surface area contributed by atoms with Gasteiger partial charge in [0.25, 0.3) is 0 Å². The Balaban J connectivity index is 1.74. The molecule has 1 aliphatic carbocycles. The second-order valence-corrected chi connectivity index (χ2v) is 7.91. The highest BCUT2D eigenvalue weighted by atomic mass is 16.5. The van der Waals surface area contributed by atoms with E-state index in [2.05, 4.69) is 44.9 Å². The Morgan fingerprint density at radius 1 is 1.26 bits per heavy atom. The number of rotatable bonds is 2. The van der Waals surface area contributed by atoms with Crippen LogP contribution < -0.4 is 0 Å². The lowest BCUT2D eigenvalue weighted by Crippen LogP contribution is -2.30. The summed E-state index contributed by atoms with van der Waals surface area (Å²) in [6, 6.07) is 8.23. The molecule has 1 fully saturated rings. The van der Waals surface area contributed by atoms with Crippen LogP contribution in [0.1, 0.15) is 56.0 Å². The largest absolute Gasteiger partial charge is 0.428 e. The molecular formula is C20H27NO2. The number of esters is 1. The predicted octanol–water partition coefficient (Wildman–Crippen LogP) is 4.14. The Kier molecular flexibility index (Phi) is 4.33. The molecule has 0 aromatic heterocycles. The van der Waals surface area contributed by atoms with Crippen LogP contribution in [0.5, 0.6) is 0 Å². The van der Waals surface area contributed by atoms with Crippen LogP contribution in [-0.4, -0.2) is 30.5 Å². The fourth-order valence-corrected chi connectivity index (χ4v) is 3.60. The van der Waals surface area contributed by atoms with Crippen molar-refractivity contribution in [3.8, 4) is 0 Å². The van der Waals surface area contributed by atoms with Gasteiger partial charge in [-0.2, -0.15) is 0 Å². The standard InChI is InChI=1S/C20H27NO2/c1-20(2,3)16-7-5-6-15(12-16)19(22)23-17-9-8-14-10-11-21(4)18(14)13-17/h5-7,12-14,18H,8-11H2,1-4H3/t14-,18-/m0/s1. The predicted molar refractivity (Wildman–Crippen MR) is 92.4 cm³/mol. The van der Waals surface area contributed by atoms with E-state index < -0.39 is 0 Å².